The average molecular weight is 469 g/mol. The summed E-state index contributed by atoms with van der Waals surface area (Å²) in [5.74, 6) is 0.757. The maximum absolute atomic E-state index is 12.8. The van der Waals surface area contributed by atoms with Crippen LogP contribution in [-0.4, -0.2) is 27.5 Å². The van der Waals surface area contributed by atoms with E-state index in [-0.39, 0.29) is 10.8 Å². The largest absolute Gasteiger partial charge is 0.495 e. The normalized spacial score (nSPS) is 12.0. The Kier molecular flexibility index (Phi) is 7.60. The van der Waals surface area contributed by atoms with Gasteiger partial charge in [-0.25, -0.2) is 8.42 Å². The summed E-state index contributed by atoms with van der Waals surface area (Å²) in [6.45, 7) is 5.55. The van der Waals surface area contributed by atoms with E-state index in [2.05, 4.69) is 10.0 Å². The van der Waals surface area contributed by atoms with E-state index < -0.39 is 16.1 Å². The summed E-state index contributed by atoms with van der Waals surface area (Å²) in [6.07, 6.45) is 0.0691. The molecule has 0 radical (unpaired) electrons. The van der Waals surface area contributed by atoms with E-state index >= 15 is 0 Å². The van der Waals surface area contributed by atoms with Crippen molar-refractivity contribution in [1.29, 1.82) is 0 Å². The Labute approximate surface area is 194 Å². The zero-order chi connectivity index (χ0) is 24.0. The smallest absolute Gasteiger partial charge is 0.265 e. The standard InChI is InChI=1S/C25H28N2O5S/c1-5-19-8-6-7-9-23(19)32-18(3)25(28)26-20-11-13-21(14-12-20)33(29,30)27-22-16-17(2)10-15-24(22)31-4/h6-16,18,27H,5H2,1-4H3,(H,26,28)/t18-/m0/s1. The third-order valence-electron chi connectivity index (χ3n) is 5.06. The predicted octanol–water partition coefficient (Wildman–Crippen LogP) is 4.77. The van der Waals surface area contributed by atoms with Crippen LogP contribution in [0.2, 0.25) is 0 Å². The number of carbonyl (C=O) groups is 1. The van der Waals surface area contributed by atoms with Gasteiger partial charge in [-0.3, -0.25) is 9.52 Å². The molecular weight excluding hydrogens is 440 g/mol. The Morgan fingerprint density at radius 2 is 1.70 bits per heavy atom. The summed E-state index contributed by atoms with van der Waals surface area (Å²) in [4.78, 5) is 12.6. The van der Waals surface area contributed by atoms with Gasteiger partial charge in [0.05, 0.1) is 17.7 Å². The first-order valence-electron chi connectivity index (χ1n) is 10.6. The summed E-state index contributed by atoms with van der Waals surface area (Å²) < 4.78 is 39.2. The fraction of sp³-hybridized carbons (Fsp3) is 0.240. The highest BCUT2D eigenvalue weighted by molar-refractivity contribution is 7.92. The molecule has 0 aliphatic carbocycles. The first-order valence-corrected chi connectivity index (χ1v) is 12.0. The van der Waals surface area contributed by atoms with Crippen LogP contribution in [0.4, 0.5) is 11.4 Å². The maximum atomic E-state index is 12.8. The van der Waals surface area contributed by atoms with E-state index in [1.54, 1.807) is 19.1 Å². The van der Waals surface area contributed by atoms with Crippen molar-refractivity contribution in [1.82, 2.24) is 0 Å². The predicted molar refractivity (Wildman–Crippen MR) is 130 cm³/mol. The Balaban J connectivity index is 1.68. The number of hydrogen-bond donors (Lipinski definition) is 2. The summed E-state index contributed by atoms with van der Waals surface area (Å²) >= 11 is 0. The SMILES string of the molecule is CCc1ccccc1O[C@@H](C)C(=O)Nc1ccc(S(=O)(=O)Nc2cc(C)ccc2OC)cc1. The van der Waals surface area contributed by atoms with E-state index in [9.17, 15) is 13.2 Å². The van der Waals surface area contributed by atoms with E-state index in [1.807, 2.05) is 44.2 Å². The molecule has 0 aliphatic heterocycles. The molecule has 3 aromatic carbocycles. The third-order valence-corrected chi connectivity index (χ3v) is 6.44. The van der Waals surface area contributed by atoms with Gasteiger partial charge in [0.15, 0.2) is 6.10 Å². The molecule has 0 bridgehead atoms. The van der Waals surface area contributed by atoms with Gasteiger partial charge in [-0.15, -0.1) is 0 Å². The van der Waals surface area contributed by atoms with Crippen LogP contribution in [0.1, 0.15) is 25.0 Å². The molecule has 174 valence electrons. The molecule has 0 unspecified atom stereocenters. The van der Waals surface area contributed by atoms with Crippen LogP contribution in [0, 0.1) is 6.92 Å². The molecule has 0 aliphatic rings. The number of para-hydroxylation sites is 1. The van der Waals surface area contributed by atoms with E-state index in [4.69, 9.17) is 9.47 Å². The number of nitrogens with one attached hydrogen (secondary N) is 2. The average Bonchev–Trinajstić information content (AvgIpc) is 2.79. The Morgan fingerprint density at radius 1 is 1.00 bits per heavy atom. The second-order valence-electron chi connectivity index (χ2n) is 7.54. The van der Waals surface area contributed by atoms with Crippen LogP contribution in [0.15, 0.2) is 71.6 Å². The van der Waals surface area contributed by atoms with Gasteiger partial charge < -0.3 is 14.8 Å². The number of aryl methyl sites for hydroxylation is 2. The van der Waals surface area contributed by atoms with Crippen LogP contribution in [0.5, 0.6) is 11.5 Å². The van der Waals surface area contributed by atoms with Gasteiger partial charge in [0.2, 0.25) is 0 Å². The number of benzene rings is 3. The lowest BCUT2D eigenvalue weighted by molar-refractivity contribution is -0.122. The lowest BCUT2D eigenvalue weighted by Gasteiger charge is -2.17. The summed E-state index contributed by atoms with van der Waals surface area (Å²) in [6, 6.07) is 18.7. The van der Waals surface area contributed by atoms with Crippen molar-refractivity contribution in [3.63, 3.8) is 0 Å². The lowest BCUT2D eigenvalue weighted by Crippen LogP contribution is -2.30. The van der Waals surface area contributed by atoms with E-state index in [0.717, 1.165) is 17.5 Å². The van der Waals surface area contributed by atoms with Crippen LogP contribution in [0.3, 0.4) is 0 Å². The molecule has 3 aromatic rings. The highest BCUT2D eigenvalue weighted by atomic mass is 32.2. The number of amides is 1. The van der Waals surface area contributed by atoms with Gasteiger partial charge >= 0.3 is 0 Å². The minimum atomic E-state index is -3.84. The number of methoxy groups -OCH3 is 1. The van der Waals surface area contributed by atoms with Crippen molar-refractivity contribution in [2.24, 2.45) is 0 Å². The minimum Gasteiger partial charge on any atom is -0.495 e. The Hall–Kier alpha value is -3.52. The summed E-state index contributed by atoms with van der Waals surface area (Å²) in [7, 11) is -2.36. The van der Waals surface area contributed by atoms with Crippen molar-refractivity contribution in [2.45, 2.75) is 38.2 Å². The molecule has 0 spiro atoms. The summed E-state index contributed by atoms with van der Waals surface area (Å²) in [5.41, 5.74) is 2.73. The van der Waals surface area contributed by atoms with Crippen molar-refractivity contribution in [2.75, 3.05) is 17.1 Å². The molecule has 33 heavy (non-hydrogen) atoms. The molecule has 3 rings (SSSR count). The number of rotatable bonds is 9. The molecule has 8 heteroatoms. The van der Waals surface area contributed by atoms with Gasteiger partial charge in [0.1, 0.15) is 11.5 Å². The second-order valence-corrected chi connectivity index (χ2v) is 9.23. The molecule has 0 heterocycles. The van der Waals surface area contributed by atoms with Crippen molar-refractivity contribution >= 4 is 27.3 Å². The Bertz CT molecular complexity index is 1220. The zero-order valence-corrected chi connectivity index (χ0v) is 19.9. The number of anilines is 2. The van der Waals surface area contributed by atoms with Crippen LogP contribution >= 0.6 is 0 Å². The molecule has 2 N–H and O–H groups in total. The first-order chi connectivity index (χ1) is 15.7. The van der Waals surface area contributed by atoms with Crippen molar-refractivity contribution in [3.05, 3.63) is 77.9 Å². The molecule has 1 atom stereocenters. The molecule has 0 saturated heterocycles. The zero-order valence-electron chi connectivity index (χ0n) is 19.1. The fourth-order valence-electron chi connectivity index (χ4n) is 3.22. The topological polar surface area (TPSA) is 93.7 Å². The number of sulfonamides is 1. The Morgan fingerprint density at radius 3 is 2.36 bits per heavy atom. The fourth-order valence-corrected chi connectivity index (χ4v) is 4.28. The minimum absolute atomic E-state index is 0.0604. The summed E-state index contributed by atoms with van der Waals surface area (Å²) in [5, 5.41) is 2.75. The van der Waals surface area contributed by atoms with Crippen molar-refractivity contribution in [3.8, 4) is 11.5 Å². The van der Waals surface area contributed by atoms with Gasteiger partial charge in [0.25, 0.3) is 15.9 Å². The first kappa shape index (κ1) is 24.1. The van der Waals surface area contributed by atoms with Gasteiger partial charge in [0, 0.05) is 5.69 Å². The monoisotopic (exact) mass is 468 g/mol. The quantitative estimate of drug-likeness (QED) is 0.472. The number of carbonyl (C=O) groups excluding carboxylic acids is 1. The molecule has 7 nitrogen and oxygen atoms in total. The highest BCUT2D eigenvalue weighted by Gasteiger charge is 2.19. The molecule has 1 amide bonds. The van der Waals surface area contributed by atoms with Crippen LogP contribution in [-0.2, 0) is 21.2 Å². The molecule has 0 fully saturated rings. The maximum Gasteiger partial charge on any atom is 0.265 e. The van der Waals surface area contributed by atoms with E-state index in [1.165, 1.54) is 31.4 Å². The number of ether oxygens (including phenoxy) is 2. The second kappa shape index (κ2) is 10.4. The molecule has 0 saturated carbocycles. The number of hydrogen-bond acceptors (Lipinski definition) is 5. The molecule has 0 aromatic heterocycles. The third kappa shape index (κ3) is 6.04. The van der Waals surface area contributed by atoms with Crippen LogP contribution in [0.25, 0.3) is 0 Å². The van der Waals surface area contributed by atoms with Gasteiger partial charge in [-0.1, -0.05) is 31.2 Å². The van der Waals surface area contributed by atoms with Crippen molar-refractivity contribution < 1.29 is 22.7 Å². The highest BCUT2D eigenvalue weighted by Crippen LogP contribution is 2.28. The van der Waals surface area contributed by atoms with Gasteiger partial charge in [-0.2, -0.15) is 0 Å². The molecular formula is C25H28N2O5S. The lowest BCUT2D eigenvalue weighted by atomic mass is 10.1. The van der Waals surface area contributed by atoms with Crippen LogP contribution < -0.4 is 19.5 Å². The van der Waals surface area contributed by atoms with E-state index in [0.29, 0.717) is 22.9 Å². The van der Waals surface area contributed by atoms with Gasteiger partial charge in [-0.05, 0) is 73.9 Å².